The van der Waals surface area contributed by atoms with Crippen molar-refractivity contribution in [1.82, 2.24) is 15.1 Å². The fourth-order valence-corrected chi connectivity index (χ4v) is 7.06. The Hall–Kier alpha value is -2.86. The molecule has 2 saturated heterocycles. The third kappa shape index (κ3) is 4.30. The van der Waals surface area contributed by atoms with Gasteiger partial charge in [-0.3, -0.25) is 9.59 Å². The second kappa shape index (κ2) is 9.55. The van der Waals surface area contributed by atoms with Crippen molar-refractivity contribution in [2.24, 2.45) is 5.92 Å². The summed E-state index contributed by atoms with van der Waals surface area (Å²) < 4.78 is 6.60. The van der Waals surface area contributed by atoms with Gasteiger partial charge in [0.25, 0.3) is 5.91 Å². The lowest BCUT2D eigenvalue weighted by molar-refractivity contribution is -0.126. The first kappa shape index (κ1) is 23.5. The topological polar surface area (TPSA) is 61.9 Å². The Bertz CT molecular complexity index is 1110. The standard InChI is InChI=1S/C30H37N3O3/c1-32-17-15-30(16-18-32)20-24(23-12-6-8-14-27(23)36-30)31-28(34)26-19-22-11-5-7-13-25(22)33(26)29(35)21-9-3-2-4-10-21/h2-4,6,8-10,12,14,22,24-26H,5,7,11,13,15-20H2,1H3,(H,31,34)/t22-,24?,25-,26-/m0/s1. The highest BCUT2D eigenvalue weighted by Crippen LogP contribution is 2.45. The van der Waals surface area contributed by atoms with Gasteiger partial charge in [0, 0.05) is 36.7 Å². The normalized spacial score (nSPS) is 29.2. The highest BCUT2D eigenvalue weighted by atomic mass is 16.5. The summed E-state index contributed by atoms with van der Waals surface area (Å²) in [5.74, 6) is 1.27. The van der Waals surface area contributed by atoms with E-state index in [9.17, 15) is 9.59 Å². The molecular weight excluding hydrogens is 450 g/mol. The smallest absolute Gasteiger partial charge is 0.254 e. The first-order chi connectivity index (χ1) is 17.5. The van der Waals surface area contributed by atoms with Crippen molar-refractivity contribution in [1.29, 1.82) is 0 Å². The minimum Gasteiger partial charge on any atom is -0.487 e. The Morgan fingerprint density at radius 3 is 2.50 bits per heavy atom. The van der Waals surface area contributed by atoms with Crippen LogP contribution in [0.15, 0.2) is 54.6 Å². The largest absolute Gasteiger partial charge is 0.487 e. The molecule has 3 aliphatic heterocycles. The molecule has 4 aliphatic rings. The molecule has 1 spiro atoms. The maximum atomic E-state index is 14.0. The van der Waals surface area contributed by atoms with Crippen LogP contribution in [0.1, 0.15) is 73.3 Å². The maximum absolute atomic E-state index is 14.0. The molecular formula is C30H37N3O3. The van der Waals surface area contributed by atoms with E-state index in [1.165, 1.54) is 6.42 Å². The summed E-state index contributed by atoms with van der Waals surface area (Å²) in [7, 11) is 2.15. The van der Waals surface area contributed by atoms with Gasteiger partial charge in [-0.2, -0.15) is 0 Å². The fourth-order valence-electron chi connectivity index (χ4n) is 7.06. The van der Waals surface area contributed by atoms with E-state index in [0.29, 0.717) is 11.5 Å². The molecule has 1 unspecified atom stereocenters. The Kier molecular flexibility index (Phi) is 6.24. The zero-order valence-electron chi connectivity index (χ0n) is 21.2. The van der Waals surface area contributed by atoms with Gasteiger partial charge in [-0.1, -0.05) is 49.2 Å². The van der Waals surface area contributed by atoms with Crippen molar-refractivity contribution in [3.8, 4) is 5.75 Å². The Labute approximate surface area is 214 Å². The van der Waals surface area contributed by atoms with E-state index in [1.807, 2.05) is 53.4 Å². The monoisotopic (exact) mass is 487 g/mol. The second-order valence-corrected chi connectivity index (χ2v) is 11.3. The fraction of sp³-hybridized carbons (Fsp3) is 0.533. The summed E-state index contributed by atoms with van der Waals surface area (Å²) in [4.78, 5) is 32.0. The number of nitrogens with zero attached hydrogens (tertiary/aromatic N) is 2. The number of para-hydroxylation sites is 1. The number of piperidine rings is 1. The molecule has 6 rings (SSSR count). The number of amides is 2. The number of fused-ring (bicyclic) bond motifs is 2. The van der Waals surface area contributed by atoms with E-state index in [2.05, 4.69) is 23.3 Å². The van der Waals surface area contributed by atoms with E-state index in [1.54, 1.807) is 0 Å². The molecule has 190 valence electrons. The van der Waals surface area contributed by atoms with Gasteiger partial charge in [-0.25, -0.2) is 0 Å². The van der Waals surface area contributed by atoms with Crippen LogP contribution in [0, 0.1) is 5.92 Å². The average Bonchev–Trinajstić information content (AvgIpc) is 3.30. The van der Waals surface area contributed by atoms with Crippen molar-refractivity contribution in [3.05, 3.63) is 65.7 Å². The number of hydrogen-bond acceptors (Lipinski definition) is 4. The van der Waals surface area contributed by atoms with Gasteiger partial charge < -0.3 is 19.9 Å². The van der Waals surface area contributed by atoms with E-state index < -0.39 is 6.04 Å². The molecule has 4 atom stereocenters. The molecule has 0 radical (unpaired) electrons. The van der Waals surface area contributed by atoms with Crippen molar-refractivity contribution < 1.29 is 14.3 Å². The van der Waals surface area contributed by atoms with Gasteiger partial charge in [0.2, 0.25) is 5.91 Å². The first-order valence-electron chi connectivity index (χ1n) is 13.7. The number of carbonyl (C=O) groups is 2. The van der Waals surface area contributed by atoms with Crippen LogP contribution in [-0.2, 0) is 4.79 Å². The van der Waals surface area contributed by atoms with Gasteiger partial charge in [0.15, 0.2) is 0 Å². The Morgan fingerprint density at radius 1 is 0.972 bits per heavy atom. The molecule has 2 aromatic carbocycles. The zero-order chi connectivity index (χ0) is 24.7. The lowest BCUT2D eigenvalue weighted by Gasteiger charge is -2.46. The third-order valence-corrected chi connectivity index (χ3v) is 9.06. The molecule has 6 nitrogen and oxygen atoms in total. The Morgan fingerprint density at radius 2 is 1.69 bits per heavy atom. The van der Waals surface area contributed by atoms with Crippen LogP contribution in [0.4, 0.5) is 0 Å². The van der Waals surface area contributed by atoms with Crippen LogP contribution < -0.4 is 10.1 Å². The van der Waals surface area contributed by atoms with Crippen LogP contribution in [0.25, 0.3) is 0 Å². The van der Waals surface area contributed by atoms with Crippen LogP contribution in [-0.4, -0.2) is 59.4 Å². The molecule has 1 aliphatic carbocycles. The molecule has 1 saturated carbocycles. The number of likely N-dealkylation sites (tertiary alicyclic amines) is 2. The van der Waals surface area contributed by atoms with Gasteiger partial charge in [0.1, 0.15) is 17.4 Å². The number of hydrogen-bond donors (Lipinski definition) is 1. The minimum atomic E-state index is -0.422. The van der Waals surface area contributed by atoms with Crippen LogP contribution >= 0.6 is 0 Å². The lowest BCUT2D eigenvalue weighted by atomic mass is 9.80. The zero-order valence-corrected chi connectivity index (χ0v) is 21.2. The molecule has 0 bridgehead atoms. The lowest BCUT2D eigenvalue weighted by Crippen LogP contribution is -2.54. The number of ether oxygens (including phenoxy) is 1. The van der Waals surface area contributed by atoms with E-state index in [0.717, 1.165) is 69.3 Å². The minimum absolute atomic E-state index is 0.00989. The van der Waals surface area contributed by atoms with Gasteiger partial charge in [0.05, 0.1) is 6.04 Å². The molecule has 0 aromatic heterocycles. The molecule has 36 heavy (non-hydrogen) atoms. The molecule has 2 aromatic rings. The summed E-state index contributed by atoms with van der Waals surface area (Å²) in [6.45, 7) is 1.99. The van der Waals surface area contributed by atoms with Crippen LogP contribution in [0.3, 0.4) is 0 Å². The summed E-state index contributed by atoms with van der Waals surface area (Å²) in [6.07, 6.45) is 7.84. The number of rotatable bonds is 3. The molecule has 6 heteroatoms. The van der Waals surface area contributed by atoms with Crippen molar-refractivity contribution >= 4 is 11.8 Å². The molecule has 2 amide bonds. The van der Waals surface area contributed by atoms with Crippen molar-refractivity contribution in [2.75, 3.05) is 20.1 Å². The maximum Gasteiger partial charge on any atom is 0.254 e. The Balaban J connectivity index is 1.27. The van der Waals surface area contributed by atoms with Crippen LogP contribution in [0.5, 0.6) is 5.75 Å². The van der Waals surface area contributed by atoms with E-state index in [4.69, 9.17) is 4.74 Å². The molecule has 3 fully saturated rings. The first-order valence-corrected chi connectivity index (χ1v) is 13.7. The highest BCUT2D eigenvalue weighted by molar-refractivity contribution is 5.98. The summed E-state index contributed by atoms with van der Waals surface area (Å²) in [5.41, 5.74) is 1.47. The highest BCUT2D eigenvalue weighted by Gasteiger charge is 2.49. The predicted molar refractivity (Wildman–Crippen MR) is 139 cm³/mol. The van der Waals surface area contributed by atoms with E-state index in [-0.39, 0.29) is 29.5 Å². The van der Waals surface area contributed by atoms with Gasteiger partial charge in [-0.05, 0) is 63.3 Å². The summed E-state index contributed by atoms with van der Waals surface area (Å²) in [6, 6.07) is 17.2. The predicted octanol–water partition coefficient (Wildman–Crippen LogP) is 4.56. The number of carbonyl (C=O) groups excluding carboxylic acids is 2. The summed E-state index contributed by atoms with van der Waals surface area (Å²) in [5, 5.41) is 3.42. The van der Waals surface area contributed by atoms with Crippen molar-refractivity contribution in [3.63, 3.8) is 0 Å². The molecule has 1 N–H and O–H groups in total. The van der Waals surface area contributed by atoms with Gasteiger partial charge in [-0.15, -0.1) is 0 Å². The summed E-state index contributed by atoms with van der Waals surface area (Å²) >= 11 is 0. The number of benzene rings is 2. The van der Waals surface area contributed by atoms with Crippen molar-refractivity contribution in [2.45, 2.75) is 75.1 Å². The van der Waals surface area contributed by atoms with E-state index >= 15 is 0 Å². The average molecular weight is 488 g/mol. The third-order valence-electron chi connectivity index (χ3n) is 9.06. The second-order valence-electron chi connectivity index (χ2n) is 11.3. The van der Waals surface area contributed by atoms with Gasteiger partial charge >= 0.3 is 0 Å². The quantitative estimate of drug-likeness (QED) is 0.689. The van der Waals surface area contributed by atoms with Crippen LogP contribution in [0.2, 0.25) is 0 Å². The molecule has 3 heterocycles. The SMILES string of the molecule is CN1CCC2(CC1)CC(NC(=O)[C@@H]1C[C@@H]3CCCC[C@@H]3N1C(=O)c1ccccc1)c1ccccc1O2. The number of nitrogens with one attached hydrogen (secondary N) is 1.